The summed E-state index contributed by atoms with van der Waals surface area (Å²) in [6.07, 6.45) is 3.18. The Hall–Kier alpha value is -2.87. The van der Waals surface area contributed by atoms with Gasteiger partial charge >= 0.3 is 6.03 Å². The lowest BCUT2D eigenvalue weighted by atomic mass is 10.3. The number of morpholine rings is 1. The second kappa shape index (κ2) is 7.60. The van der Waals surface area contributed by atoms with Gasteiger partial charge in [0, 0.05) is 18.8 Å². The molecule has 8 heteroatoms. The maximum absolute atomic E-state index is 12.0. The van der Waals surface area contributed by atoms with Crippen LogP contribution in [0.5, 0.6) is 5.75 Å². The quantitative estimate of drug-likeness (QED) is 0.891. The van der Waals surface area contributed by atoms with Gasteiger partial charge in [0.05, 0.1) is 38.4 Å². The highest BCUT2D eigenvalue weighted by atomic mass is 16.5. The van der Waals surface area contributed by atoms with Gasteiger partial charge in [0.25, 0.3) is 0 Å². The van der Waals surface area contributed by atoms with Gasteiger partial charge in [0.15, 0.2) is 0 Å². The number of nitrogens with zero attached hydrogens (tertiary/aromatic N) is 3. The lowest BCUT2D eigenvalue weighted by Gasteiger charge is -2.26. The zero-order valence-corrected chi connectivity index (χ0v) is 13.4. The Balaban J connectivity index is 1.55. The minimum atomic E-state index is -0.358. The summed E-state index contributed by atoms with van der Waals surface area (Å²) in [6.45, 7) is 2.89. The molecule has 0 aliphatic carbocycles. The zero-order chi connectivity index (χ0) is 16.8. The standard InChI is InChI=1S/C16H19N5O3/c1-23-14-4-2-12(3-5-14)19-16(22)20-13-10-17-15(18-11-13)21-6-8-24-9-7-21/h2-5,10-11H,6-9H2,1H3,(H2,19,20,22). The highest BCUT2D eigenvalue weighted by Gasteiger charge is 2.13. The SMILES string of the molecule is COc1ccc(NC(=O)Nc2cnc(N3CCOCC3)nc2)cc1. The summed E-state index contributed by atoms with van der Waals surface area (Å²) in [7, 11) is 1.59. The van der Waals surface area contributed by atoms with Gasteiger partial charge in [-0.15, -0.1) is 0 Å². The molecule has 0 saturated carbocycles. The average Bonchev–Trinajstić information content (AvgIpc) is 2.64. The highest BCUT2D eigenvalue weighted by molar-refractivity contribution is 5.99. The molecule has 0 radical (unpaired) electrons. The molecule has 2 heterocycles. The van der Waals surface area contributed by atoms with Crippen molar-refractivity contribution >= 4 is 23.4 Å². The fourth-order valence-corrected chi connectivity index (χ4v) is 2.28. The fraction of sp³-hybridized carbons (Fsp3) is 0.312. The number of nitrogens with one attached hydrogen (secondary N) is 2. The maximum atomic E-state index is 12.0. The molecule has 126 valence electrons. The number of hydrogen-bond donors (Lipinski definition) is 2. The van der Waals surface area contributed by atoms with Crippen molar-refractivity contribution < 1.29 is 14.3 Å². The molecule has 0 spiro atoms. The number of hydrogen-bond acceptors (Lipinski definition) is 6. The first kappa shape index (κ1) is 16.0. The van der Waals surface area contributed by atoms with E-state index in [1.54, 1.807) is 43.8 Å². The second-order valence-electron chi connectivity index (χ2n) is 5.18. The van der Waals surface area contributed by atoms with Gasteiger partial charge in [0.1, 0.15) is 5.75 Å². The predicted octanol–water partition coefficient (Wildman–Crippen LogP) is 1.97. The number of aromatic nitrogens is 2. The molecule has 1 saturated heterocycles. The van der Waals surface area contributed by atoms with E-state index in [0.29, 0.717) is 30.5 Å². The van der Waals surface area contributed by atoms with Crippen molar-refractivity contribution in [1.82, 2.24) is 9.97 Å². The molecular formula is C16H19N5O3. The fourth-order valence-electron chi connectivity index (χ4n) is 2.28. The number of carbonyl (C=O) groups is 1. The molecule has 0 unspecified atom stereocenters. The Bertz CT molecular complexity index is 669. The molecule has 1 aliphatic heterocycles. The second-order valence-corrected chi connectivity index (χ2v) is 5.18. The van der Waals surface area contributed by atoms with Crippen LogP contribution >= 0.6 is 0 Å². The van der Waals surface area contributed by atoms with Crippen molar-refractivity contribution in [3.63, 3.8) is 0 Å². The van der Waals surface area contributed by atoms with E-state index in [9.17, 15) is 4.79 Å². The van der Waals surface area contributed by atoms with Gasteiger partial charge in [-0.05, 0) is 24.3 Å². The number of ether oxygens (including phenoxy) is 2. The van der Waals surface area contributed by atoms with E-state index in [0.717, 1.165) is 18.8 Å². The van der Waals surface area contributed by atoms with Crippen LogP contribution in [0.25, 0.3) is 0 Å². The van der Waals surface area contributed by atoms with Gasteiger partial charge in [-0.2, -0.15) is 0 Å². The van der Waals surface area contributed by atoms with E-state index < -0.39 is 0 Å². The van der Waals surface area contributed by atoms with Crippen LogP contribution in [0.15, 0.2) is 36.7 Å². The Morgan fingerprint density at radius 2 is 1.71 bits per heavy atom. The molecule has 1 fully saturated rings. The monoisotopic (exact) mass is 329 g/mol. The summed E-state index contributed by atoms with van der Waals surface area (Å²) >= 11 is 0. The van der Waals surface area contributed by atoms with Gasteiger partial charge in [-0.25, -0.2) is 14.8 Å². The van der Waals surface area contributed by atoms with Crippen LogP contribution < -0.4 is 20.3 Å². The number of benzene rings is 1. The van der Waals surface area contributed by atoms with E-state index in [1.807, 2.05) is 4.90 Å². The summed E-state index contributed by atoms with van der Waals surface area (Å²) in [4.78, 5) is 22.6. The lowest BCUT2D eigenvalue weighted by molar-refractivity contribution is 0.122. The molecule has 2 N–H and O–H groups in total. The summed E-state index contributed by atoms with van der Waals surface area (Å²) in [6, 6.07) is 6.71. The third-order valence-corrected chi connectivity index (χ3v) is 3.54. The predicted molar refractivity (Wildman–Crippen MR) is 90.7 cm³/mol. The van der Waals surface area contributed by atoms with Crippen molar-refractivity contribution in [2.24, 2.45) is 0 Å². The number of amides is 2. The summed E-state index contributed by atoms with van der Waals surface area (Å²) in [5, 5.41) is 5.43. The lowest BCUT2D eigenvalue weighted by Crippen LogP contribution is -2.37. The van der Waals surface area contributed by atoms with E-state index >= 15 is 0 Å². The first-order valence-electron chi connectivity index (χ1n) is 7.61. The highest BCUT2D eigenvalue weighted by Crippen LogP contribution is 2.16. The molecule has 1 aromatic heterocycles. The van der Waals surface area contributed by atoms with E-state index in [2.05, 4.69) is 20.6 Å². The number of anilines is 3. The van der Waals surface area contributed by atoms with E-state index in [4.69, 9.17) is 9.47 Å². The first-order valence-corrected chi connectivity index (χ1v) is 7.61. The van der Waals surface area contributed by atoms with Gasteiger partial charge in [-0.1, -0.05) is 0 Å². The van der Waals surface area contributed by atoms with Crippen LogP contribution in [-0.2, 0) is 4.74 Å². The number of urea groups is 1. The largest absolute Gasteiger partial charge is 0.497 e. The van der Waals surface area contributed by atoms with Crippen molar-refractivity contribution in [3.05, 3.63) is 36.7 Å². The van der Waals surface area contributed by atoms with Crippen LogP contribution in [0.4, 0.5) is 22.1 Å². The molecule has 3 rings (SSSR count). The van der Waals surface area contributed by atoms with Crippen LogP contribution in [0, 0.1) is 0 Å². The van der Waals surface area contributed by atoms with Crippen LogP contribution in [-0.4, -0.2) is 49.4 Å². The molecule has 24 heavy (non-hydrogen) atoms. The van der Waals surface area contributed by atoms with Gasteiger partial charge in [-0.3, -0.25) is 0 Å². The Labute approximate surface area is 139 Å². The summed E-state index contributed by atoms with van der Waals surface area (Å²) in [5.74, 6) is 1.37. The van der Waals surface area contributed by atoms with Crippen molar-refractivity contribution in [3.8, 4) is 5.75 Å². The molecule has 8 nitrogen and oxygen atoms in total. The minimum absolute atomic E-state index is 0.358. The van der Waals surface area contributed by atoms with E-state index in [-0.39, 0.29) is 6.03 Å². The average molecular weight is 329 g/mol. The molecule has 0 atom stereocenters. The molecule has 2 aromatic rings. The van der Waals surface area contributed by atoms with Crippen LogP contribution in [0.1, 0.15) is 0 Å². The van der Waals surface area contributed by atoms with Crippen molar-refractivity contribution in [1.29, 1.82) is 0 Å². The zero-order valence-electron chi connectivity index (χ0n) is 13.4. The molecule has 1 aromatic carbocycles. The number of methoxy groups -OCH3 is 1. The number of rotatable bonds is 4. The summed E-state index contributed by atoms with van der Waals surface area (Å²) in [5.41, 5.74) is 1.19. The maximum Gasteiger partial charge on any atom is 0.323 e. The van der Waals surface area contributed by atoms with E-state index in [1.165, 1.54) is 0 Å². The third kappa shape index (κ3) is 4.11. The topological polar surface area (TPSA) is 88.6 Å². The van der Waals surface area contributed by atoms with Crippen LogP contribution in [0.2, 0.25) is 0 Å². The molecule has 2 amide bonds. The Kier molecular flexibility index (Phi) is 5.07. The minimum Gasteiger partial charge on any atom is -0.497 e. The Morgan fingerprint density at radius 3 is 2.33 bits per heavy atom. The Morgan fingerprint density at radius 1 is 1.08 bits per heavy atom. The first-order chi connectivity index (χ1) is 11.7. The number of carbonyl (C=O) groups excluding carboxylic acids is 1. The molecular weight excluding hydrogens is 310 g/mol. The van der Waals surface area contributed by atoms with Gasteiger partial charge in [0.2, 0.25) is 5.95 Å². The normalized spacial score (nSPS) is 14.1. The molecule has 0 bridgehead atoms. The third-order valence-electron chi connectivity index (χ3n) is 3.54. The van der Waals surface area contributed by atoms with Gasteiger partial charge < -0.3 is 25.0 Å². The summed E-state index contributed by atoms with van der Waals surface area (Å²) < 4.78 is 10.4. The van der Waals surface area contributed by atoms with Crippen LogP contribution in [0.3, 0.4) is 0 Å². The molecule has 1 aliphatic rings. The van der Waals surface area contributed by atoms with Crippen molar-refractivity contribution in [2.75, 3.05) is 48.9 Å². The smallest absolute Gasteiger partial charge is 0.323 e. The van der Waals surface area contributed by atoms with Crippen molar-refractivity contribution in [2.45, 2.75) is 0 Å².